The van der Waals surface area contributed by atoms with E-state index in [1.165, 1.54) is 4.90 Å². The number of urea groups is 1. The first-order valence-electron chi connectivity index (χ1n) is 10.8. The van der Waals surface area contributed by atoms with Crippen LogP contribution in [0.2, 0.25) is 0 Å². The smallest absolute Gasteiger partial charge is 0.319 e. The highest BCUT2D eigenvalue weighted by molar-refractivity contribution is 8.00. The number of aromatic nitrogens is 2. The number of hydrogen-bond donors (Lipinski definition) is 4. The van der Waals surface area contributed by atoms with Gasteiger partial charge in [0.1, 0.15) is 5.82 Å². The minimum absolute atomic E-state index is 0.0266. The van der Waals surface area contributed by atoms with Crippen LogP contribution >= 0.6 is 11.8 Å². The summed E-state index contributed by atoms with van der Waals surface area (Å²) >= 11 is 1.84. The van der Waals surface area contributed by atoms with Crippen LogP contribution in [0.5, 0.6) is 0 Å². The van der Waals surface area contributed by atoms with Crippen molar-refractivity contribution < 1.29 is 9.90 Å². The summed E-state index contributed by atoms with van der Waals surface area (Å²) in [6.45, 7) is 2.89. The van der Waals surface area contributed by atoms with E-state index in [1.54, 1.807) is 0 Å². The number of anilines is 2. The molecule has 0 unspecified atom stereocenters. The average molecular weight is 450 g/mol. The molecule has 4 rings (SSSR count). The van der Waals surface area contributed by atoms with E-state index in [-0.39, 0.29) is 17.4 Å². The zero-order chi connectivity index (χ0) is 22.4. The highest BCUT2D eigenvalue weighted by Gasteiger charge is 2.47. The monoisotopic (exact) mass is 449 g/mol. The van der Waals surface area contributed by atoms with Gasteiger partial charge in [0, 0.05) is 35.3 Å². The Morgan fingerprint density at radius 2 is 1.84 bits per heavy atom. The number of nitrogens with zero attached hydrogens (tertiary/aromatic N) is 2. The molecule has 2 amide bonds. The largest absolute Gasteiger partial charge is 0.395 e. The molecule has 7 nitrogen and oxygen atoms in total. The van der Waals surface area contributed by atoms with E-state index in [0.29, 0.717) is 30.4 Å². The van der Waals surface area contributed by atoms with E-state index in [9.17, 15) is 9.90 Å². The van der Waals surface area contributed by atoms with Crippen molar-refractivity contribution in [3.8, 4) is 11.4 Å². The lowest BCUT2D eigenvalue weighted by Crippen LogP contribution is -2.28. The number of benzene rings is 2. The lowest BCUT2D eigenvalue weighted by atomic mass is 10.1. The van der Waals surface area contributed by atoms with Gasteiger partial charge < -0.3 is 21.1 Å². The number of amides is 2. The second-order valence-corrected chi connectivity index (χ2v) is 9.04. The molecule has 0 spiro atoms. The molecule has 2 aromatic carbocycles. The van der Waals surface area contributed by atoms with E-state index in [1.807, 2.05) is 55.1 Å². The van der Waals surface area contributed by atoms with Crippen molar-refractivity contribution in [2.45, 2.75) is 29.4 Å². The predicted molar refractivity (Wildman–Crippen MR) is 129 cm³/mol. The van der Waals surface area contributed by atoms with Gasteiger partial charge >= 0.3 is 6.03 Å². The highest BCUT2D eigenvalue weighted by Crippen LogP contribution is 2.59. The molecular weight excluding hydrogens is 422 g/mol. The number of thioether (sulfide) groups is 1. The van der Waals surface area contributed by atoms with E-state index >= 15 is 0 Å². The fraction of sp³-hybridized carbons (Fsp3) is 0.292. The Bertz CT molecular complexity index is 1060. The molecule has 3 aromatic rings. The molecule has 0 aliphatic heterocycles. The second kappa shape index (κ2) is 10.0. The van der Waals surface area contributed by atoms with Crippen molar-refractivity contribution in [3.05, 3.63) is 66.4 Å². The Hall–Kier alpha value is -3.10. The third-order valence-corrected chi connectivity index (χ3v) is 6.63. The number of carbonyl (C=O) groups excluding carboxylic acids is 1. The molecule has 0 saturated heterocycles. The van der Waals surface area contributed by atoms with Crippen LogP contribution in [-0.2, 0) is 4.75 Å². The Kier molecular flexibility index (Phi) is 6.92. The normalized spacial score (nSPS) is 13.9. The number of aliphatic hydroxyl groups is 1. The third kappa shape index (κ3) is 5.38. The standard InChI is InChI=1S/C24H27N5O2S/c1-2-25-23(31)27-18-10-8-17(9-11-18)22-28-20(16-21(29-22)26-14-15-30)24(12-13-24)32-19-6-4-3-5-7-19/h3-11,16,30H,2,12-15H2,1H3,(H2,25,27,31)(H,26,28,29). The molecule has 1 saturated carbocycles. The molecule has 1 heterocycles. The SMILES string of the molecule is CCNC(=O)Nc1ccc(-c2nc(NCCO)cc(C3(Sc4ccccc4)CC3)n2)cc1. The van der Waals surface area contributed by atoms with Gasteiger partial charge in [-0.05, 0) is 56.2 Å². The van der Waals surface area contributed by atoms with Crippen molar-refractivity contribution in [1.29, 1.82) is 0 Å². The van der Waals surface area contributed by atoms with Gasteiger partial charge in [-0.25, -0.2) is 14.8 Å². The maximum atomic E-state index is 11.7. The van der Waals surface area contributed by atoms with Crippen LogP contribution in [0.25, 0.3) is 11.4 Å². The zero-order valence-corrected chi connectivity index (χ0v) is 18.8. The minimum atomic E-state index is -0.234. The molecule has 32 heavy (non-hydrogen) atoms. The van der Waals surface area contributed by atoms with Gasteiger partial charge in [-0.1, -0.05) is 18.2 Å². The van der Waals surface area contributed by atoms with Crippen LogP contribution < -0.4 is 16.0 Å². The van der Waals surface area contributed by atoms with Gasteiger partial charge in [0.2, 0.25) is 0 Å². The minimum Gasteiger partial charge on any atom is -0.395 e. The highest BCUT2D eigenvalue weighted by atomic mass is 32.2. The molecule has 4 N–H and O–H groups in total. The number of rotatable bonds is 9. The summed E-state index contributed by atoms with van der Waals surface area (Å²) in [5.41, 5.74) is 2.55. The summed E-state index contributed by atoms with van der Waals surface area (Å²) in [5.74, 6) is 1.32. The predicted octanol–water partition coefficient (Wildman–Crippen LogP) is 4.47. The Morgan fingerprint density at radius 1 is 1.09 bits per heavy atom. The van der Waals surface area contributed by atoms with Gasteiger partial charge in [0.25, 0.3) is 0 Å². The van der Waals surface area contributed by atoms with Crippen molar-refractivity contribution in [1.82, 2.24) is 15.3 Å². The van der Waals surface area contributed by atoms with Crippen molar-refractivity contribution in [3.63, 3.8) is 0 Å². The molecule has 1 aromatic heterocycles. The van der Waals surface area contributed by atoms with Crippen molar-refractivity contribution in [2.24, 2.45) is 0 Å². The second-order valence-electron chi connectivity index (χ2n) is 7.58. The van der Waals surface area contributed by atoms with Crippen LogP contribution in [0.3, 0.4) is 0 Å². The summed E-state index contributed by atoms with van der Waals surface area (Å²) in [5, 5.41) is 17.9. The number of aliphatic hydroxyl groups excluding tert-OH is 1. The molecule has 0 atom stereocenters. The first-order chi connectivity index (χ1) is 15.6. The molecule has 1 fully saturated rings. The molecular formula is C24H27N5O2S. The molecule has 1 aliphatic carbocycles. The molecule has 166 valence electrons. The van der Waals surface area contributed by atoms with Crippen LogP contribution in [0, 0.1) is 0 Å². The van der Waals surface area contributed by atoms with Gasteiger partial charge in [0.15, 0.2) is 5.82 Å². The van der Waals surface area contributed by atoms with Crippen LogP contribution in [0.4, 0.5) is 16.3 Å². The zero-order valence-electron chi connectivity index (χ0n) is 18.0. The summed E-state index contributed by atoms with van der Waals surface area (Å²) in [7, 11) is 0. The lowest BCUT2D eigenvalue weighted by molar-refractivity contribution is 0.252. The fourth-order valence-corrected chi connectivity index (χ4v) is 4.62. The fourth-order valence-electron chi connectivity index (χ4n) is 3.36. The summed E-state index contributed by atoms with van der Waals surface area (Å²) in [6, 6.07) is 19.6. The Balaban J connectivity index is 1.61. The number of nitrogens with one attached hydrogen (secondary N) is 3. The quantitative estimate of drug-likeness (QED) is 0.385. The number of carbonyl (C=O) groups is 1. The van der Waals surface area contributed by atoms with Crippen molar-refractivity contribution >= 4 is 29.3 Å². The van der Waals surface area contributed by atoms with Gasteiger partial charge in [-0.2, -0.15) is 0 Å². The van der Waals surface area contributed by atoms with E-state index in [2.05, 4.69) is 45.2 Å². The molecule has 8 heteroatoms. The first-order valence-corrected chi connectivity index (χ1v) is 11.6. The summed E-state index contributed by atoms with van der Waals surface area (Å²) in [6.07, 6.45) is 2.11. The van der Waals surface area contributed by atoms with Crippen LogP contribution in [-0.4, -0.2) is 40.8 Å². The van der Waals surface area contributed by atoms with Gasteiger partial charge in [-0.3, -0.25) is 0 Å². The third-order valence-electron chi connectivity index (χ3n) is 5.11. The molecule has 0 radical (unpaired) electrons. The molecule has 1 aliphatic rings. The maximum Gasteiger partial charge on any atom is 0.319 e. The van der Waals surface area contributed by atoms with E-state index < -0.39 is 0 Å². The van der Waals surface area contributed by atoms with Crippen molar-refractivity contribution in [2.75, 3.05) is 30.3 Å². The van der Waals surface area contributed by atoms with Crippen LogP contribution in [0.15, 0.2) is 65.6 Å². The van der Waals surface area contributed by atoms with E-state index in [0.717, 1.165) is 24.1 Å². The number of hydrogen-bond acceptors (Lipinski definition) is 6. The van der Waals surface area contributed by atoms with Gasteiger partial charge in [0.05, 0.1) is 17.0 Å². The van der Waals surface area contributed by atoms with Crippen LogP contribution in [0.1, 0.15) is 25.5 Å². The Labute approximate surface area is 192 Å². The average Bonchev–Trinajstić information content (AvgIpc) is 3.59. The van der Waals surface area contributed by atoms with E-state index in [4.69, 9.17) is 4.98 Å². The molecule has 0 bridgehead atoms. The first kappa shape index (κ1) is 22.1. The lowest BCUT2D eigenvalue weighted by Gasteiger charge is -2.17. The maximum absolute atomic E-state index is 11.7. The Morgan fingerprint density at radius 3 is 2.50 bits per heavy atom. The summed E-state index contributed by atoms with van der Waals surface area (Å²) < 4.78 is -0.0611. The van der Waals surface area contributed by atoms with Gasteiger partial charge in [-0.15, -0.1) is 11.8 Å². The topological polar surface area (TPSA) is 99.2 Å². The summed E-state index contributed by atoms with van der Waals surface area (Å²) in [4.78, 5) is 22.6.